The van der Waals surface area contributed by atoms with Gasteiger partial charge < -0.3 is 15.8 Å². The minimum Gasteiger partial charge on any atom is -0.497 e. The van der Waals surface area contributed by atoms with Crippen LogP contribution in [0.2, 0.25) is 0 Å². The molecule has 20 heavy (non-hydrogen) atoms. The van der Waals surface area contributed by atoms with Crippen LogP contribution in [0.5, 0.6) is 5.75 Å². The SMILES string of the molecule is COc1ccc(C(=O)N[C@@H](C)c2ccncc2)c(N)c1. The summed E-state index contributed by atoms with van der Waals surface area (Å²) in [7, 11) is 1.56. The second kappa shape index (κ2) is 6.06. The van der Waals surface area contributed by atoms with Crippen molar-refractivity contribution >= 4 is 11.6 Å². The van der Waals surface area contributed by atoms with E-state index in [0.29, 0.717) is 17.0 Å². The van der Waals surface area contributed by atoms with Crippen LogP contribution in [0.15, 0.2) is 42.7 Å². The zero-order valence-electron chi connectivity index (χ0n) is 11.5. The Morgan fingerprint density at radius 1 is 1.30 bits per heavy atom. The lowest BCUT2D eigenvalue weighted by Gasteiger charge is -2.15. The molecule has 0 spiro atoms. The summed E-state index contributed by atoms with van der Waals surface area (Å²) in [5.74, 6) is 0.413. The fraction of sp³-hybridized carbons (Fsp3) is 0.200. The number of nitrogen functional groups attached to an aromatic ring is 1. The molecule has 1 atom stereocenters. The summed E-state index contributed by atoms with van der Waals surface area (Å²) in [4.78, 5) is 16.2. The van der Waals surface area contributed by atoms with Crippen LogP contribution in [-0.2, 0) is 0 Å². The Bertz CT molecular complexity index is 599. The summed E-state index contributed by atoms with van der Waals surface area (Å²) >= 11 is 0. The molecule has 0 aliphatic heterocycles. The second-order valence-corrected chi connectivity index (χ2v) is 4.43. The molecule has 1 heterocycles. The number of pyridine rings is 1. The first kappa shape index (κ1) is 13.9. The largest absolute Gasteiger partial charge is 0.497 e. The maximum atomic E-state index is 12.2. The third-order valence-corrected chi connectivity index (χ3v) is 3.06. The fourth-order valence-electron chi connectivity index (χ4n) is 1.88. The average molecular weight is 271 g/mol. The minimum absolute atomic E-state index is 0.119. The van der Waals surface area contributed by atoms with E-state index in [2.05, 4.69) is 10.3 Å². The van der Waals surface area contributed by atoms with Gasteiger partial charge in [0.1, 0.15) is 5.75 Å². The summed E-state index contributed by atoms with van der Waals surface area (Å²) in [5, 5.41) is 2.90. The van der Waals surface area contributed by atoms with Crippen molar-refractivity contribution in [2.75, 3.05) is 12.8 Å². The Kier molecular flexibility index (Phi) is 4.20. The third-order valence-electron chi connectivity index (χ3n) is 3.06. The predicted molar refractivity (Wildman–Crippen MR) is 77.5 cm³/mol. The monoisotopic (exact) mass is 271 g/mol. The highest BCUT2D eigenvalue weighted by atomic mass is 16.5. The van der Waals surface area contributed by atoms with Gasteiger partial charge in [0.15, 0.2) is 0 Å². The molecular formula is C15H17N3O2. The molecule has 5 nitrogen and oxygen atoms in total. The molecule has 5 heteroatoms. The van der Waals surface area contributed by atoms with Gasteiger partial charge in [-0.15, -0.1) is 0 Å². The van der Waals surface area contributed by atoms with Gasteiger partial charge in [-0.25, -0.2) is 0 Å². The van der Waals surface area contributed by atoms with E-state index in [1.54, 1.807) is 37.7 Å². The Morgan fingerprint density at radius 3 is 2.60 bits per heavy atom. The number of ether oxygens (including phenoxy) is 1. The molecule has 0 saturated carbocycles. The van der Waals surface area contributed by atoms with Crippen molar-refractivity contribution in [1.82, 2.24) is 10.3 Å². The van der Waals surface area contributed by atoms with Crippen molar-refractivity contribution in [3.8, 4) is 5.75 Å². The number of nitrogens with zero attached hydrogens (tertiary/aromatic N) is 1. The summed E-state index contributed by atoms with van der Waals surface area (Å²) in [6, 6.07) is 8.61. The van der Waals surface area contributed by atoms with E-state index in [1.807, 2.05) is 19.1 Å². The van der Waals surface area contributed by atoms with Crippen LogP contribution in [0.25, 0.3) is 0 Å². The van der Waals surface area contributed by atoms with E-state index in [9.17, 15) is 4.79 Å². The lowest BCUT2D eigenvalue weighted by atomic mass is 10.1. The van der Waals surface area contributed by atoms with Crippen LogP contribution in [-0.4, -0.2) is 18.0 Å². The van der Waals surface area contributed by atoms with Gasteiger partial charge in [0.05, 0.1) is 18.7 Å². The Morgan fingerprint density at radius 2 is 2.00 bits per heavy atom. The highest BCUT2D eigenvalue weighted by Crippen LogP contribution is 2.20. The molecule has 0 fully saturated rings. The third kappa shape index (κ3) is 3.06. The molecule has 0 aliphatic carbocycles. The normalized spacial score (nSPS) is 11.7. The molecule has 104 valence electrons. The molecule has 0 radical (unpaired) electrons. The zero-order valence-corrected chi connectivity index (χ0v) is 11.5. The first-order valence-corrected chi connectivity index (χ1v) is 6.26. The van der Waals surface area contributed by atoms with E-state index in [0.717, 1.165) is 5.56 Å². The number of carbonyl (C=O) groups is 1. The number of amides is 1. The van der Waals surface area contributed by atoms with Crippen LogP contribution in [0, 0.1) is 0 Å². The van der Waals surface area contributed by atoms with Gasteiger partial charge in [0.25, 0.3) is 5.91 Å². The first-order chi connectivity index (χ1) is 9.61. The van der Waals surface area contributed by atoms with Crippen LogP contribution < -0.4 is 15.8 Å². The topological polar surface area (TPSA) is 77.2 Å². The van der Waals surface area contributed by atoms with Crippen molar-refractivity contribution < 1.29 is 9.53 Å². The summed E-state index contributed by atoms with van der Waals surface area (Å²) in [6.45, 7) is 1.91. The van der Waals surface area contributed by atoms with Crippen molar-refractivity contribution in [2.24, 2.45) is 0 Å². The minimum atomic E-state index is -0.213. The molecule has 1 amide bonds. The number of aromatic nitrogens is 1. The van der Waals surface area contributed by atoms with Gasteiger partial charge in [0.2, 0.25) is 0 Å². The van der Waals surface area contributed by atoms with Gasteiger partial charge >= 0.3 is 0 Å². The quantitative estimate of drug-likeness (QED) is 0.835. The maximum absolute atomic E-state index is 12.2. The van der Waals surface area contributed by atoms with Gasteiger partial charge in [0, 0.05) is 24.1 Å². The first-order valence-electron chi connectivity index (χ1n) is 6.26. The van der Waals surface area contributed by atoms with Crippen LogP contribution in [0.4, 0.5) is 5.69 Å². The molecule has 2 aromatic rings. The van der Waals surface area contributed by atoms with E-state index in [1.165, 1.54) is 0 Å². The standard InChI is InChI=1S/C15H17N3O2/c1-10(11-5-7-17-8-6-11)18-15(19)13-4-3-12(20-2)9-14(13)16/h3-10H,16H2,1-2H3,(H,18,19)/t10-/m0/s1. The van der Waals surface area contributed by atoms with Gasteiger partial charge in [-0.2, -0.15) is 0 Å². The number of benzene rings is 1. The highest BCUT2D eigenvalue weighted by Gasteiger charge is 2.14. The molecular weight excluding hydrogens is 254 g/mol. The Balaban J connectivity index is 2.12. The smallest absolute Gasteiger partial charge is 0.253 e. The van der Waals surface area contributed by atoms with E-state index in [-0.39, 0.29) is 11.9 Å². The number of rotatable bonds is 4. The van der Waals surface area contributed by atoms with Crippen molar-refractivity contribution in [2.45, 2.75) is 13.0 Å². The molecule has 1 aromatic carbocycles. The van der Waals surface area contributed by atoms with Gasteiger partial charge in [-0.3, -0.25) is 9.78 Å². The molecule has 0 aliphatic rings. The summed E-state index contributed by atoms with van der Waals surface area (Å²) in [6.07, 6.45) is 3.39. The molecule has 0 saturated heterocycles. The second-order valence-electron chi connectivity index (χ2n) is 4.43. The predicted octanol–water partition coefficient (Wildman–Crippen LogP) is 2.16. The van der Waals surface area contributed by atoms with E-state index in [4.69, 9.17) is 10.5 Å². The van der Waals surface area contributed by atoms with Crippen LogP contribution in [0.3, 0.4) is 0 Å². The molecule has 0 bridgehead atoms. The number of methoxy groups -OCH3 is 1. The lowest BCUT2D eigenvalue weighted by Crippen LogP contribution is -2.27. The maximum Gasteiger partial charge on any atom is 0.253 e. The van der Waals surface area contributed by atoms with Gasteiger partial charge in [-0.1, -0.05) is 0 Å². The van der Waals surface area contributed by atoms with Crippen LogP contribution >= 0.6 is 0 Å². The number of nitrogens with two attached hydrogens (primary N) is 1. The van der Waals surface area contributed by atoms with E-state index < -0.39 is 0 Å². The number of carbonyl (C=O) groups excluding carboxylic acids is 1. The number of hydrogen-bond acceptors (Lipinski definition) is 4. The number of anilines is 1. The number of hydrogen-bond donors (Lipinski definition) is 2. The summed E-state index contributed by atoms with van der Waals surface area (Å²) in [5.41, 5.74) is 7.68. The van der Waals surface area contributed by atoms with Crippen LogP contribution in [0.1, 0.15) is 28.9 Å². The molecule has 2 rings (SSSR count). The van der Waals surface area contributed by atoms with Crippen molar-refractivity contribution in [1.29, 1.82) is 0 Å². The fourth-order valence-corrected chi connectivity index (χ4v) is 1.88. The average Bonchev–Trinajstić information content (AvgIpc) is 2.47. The number of nitrogens with one attached hydrogen (secondary N) is 1. The Hall–Kier alpha value is -2.56. The highest BCUT2D eigenvalue weighted by molar-refractivity contribution is 5.99. The van der Waals surface area contributed by atoms with E-state index >= 15 is 0 Å². The molecule has 3 N–H and O–H groups in total. The van der Waals surface area contributed by atoms with Gasteiger partial charge in [-0.05, 0) is 36.8 Å². The zero-order chi connectivity index (χ0) is 14.5. The lowest BCUT2D eigenvalue weighted by molar-refractivity contribution is 0.0941. The molecule has 0 unspecified atom stereocenters. The Labute approximate surface area is 117 Å². The van der Waals surface area contributed by atoms with Crippen molar-refractivity contribution in [3.63, 3.8) is 0 Å². The van der Waals surface area contributed by atoms with Crippen molar-refractivity contribution in [3.05, 3.63) is 53.9 Å². The summed E-state index contributed by atoms with van der Waals surface area (Å²) < 4.78 is 5.06. The molecule has 1 aromatic heterocycles.